The zero-order valence-corrected chi connectivity index (χ0v) is 15.1. The lowest BCUT2D eigenvalue weighted by Gasteiger charge is -2.11. The molecular formula is C22H18N4O. The van der Waals surface area contributed by atoms with Crippen LogP contribution in [-0.4, -0.2) is 20.9 Å². The van der Waals surface area contributed by atoms with E-state index < -0.39 is 0 Å². The van der Waals surface area contributed by atoms with E-state index in [1.54, 1.807) is 18.5 Å². The Morgan fingerprint density at radius 3 is 2.70 bits per heavy atom. The Hall–Kier alpha value is -3.60. The van der Waals surface area contributed by atoms with Gasteiger partial charge in [0.2, 0.25) is 0 Å². The molecule has 1 amide bonds. The lowest BCUT2D eigenvalue weighted by Crippen LogP contribution is -2.14. The molecule has 5 heteroatoms. The number of aryl methyl sites for hydroxylation is 2. The van der Waals surface area contributed by atoms with E-state index in [1.165, 1.54) is 0 Å². The third kappa shape index (κ3) is 3.40. The molecule has 0 aliphatic carbocycles. The molecule has 0 saturated carbocycles. The standard InChI is InChI=1S/C22H18N4O/c1-14-8-10-23-13-19(14)17-11-16-6-4-9-24-21(16)18(12-17)22(27)26-20-7-3-5-15(2)25-20/h3-13H,1-2H3,(H,25,26,27). The number of pyridine rings is 3. The van der Waals surface area contributed by atoms with Gasteiger partial charge in [0.05, 0.1) is 11.1 Å². The molecule has 3 aromatic heterocycles. The van der Waals surface area contributed by atoms with Gasteiger partial charge >= 0.3 is 0 Å². The fourth-order valence-corrected chi connectivity index (χ4v) is 3.08. The molecule has 0 aliphatic heterocycles. The SMILES string of the molecule is Cc1cccc(NC(=O)c2cc(-c3cnccc3C)cc3cccnc23)n1. The molecular weight excluding hydrogens is 336 g/mol. The lowest BCUT2D eigenvalue weighted by atomic mass is 9.97. The Balaban J connectivity index is 1.83. The van der Waals surface area contributed by atoms with Crippen molar-refractivity contribution in [3.8, 4) is 11.1 Å². The predicted molar refractivity (Wildman–Crippen MR) is 107 cm³/mol. The number of nitrogens with zero attached hydrogens (tertiary/aromatic N) is 3. The maximum atomic E-state index is 13.0. The summed E-state index contributed by atoms with van der Waals surface area (Å²) in [6.45, 7) is 3.92. The molecule has 0 unspecified atom stereocenters. The predicted octanol–water partition coefficient (Wildman–Crippen LogP) is 4.56. The Labute approximate surface area is 157 Å². The van der Waals surface area contributed by atoms with E-state index in [4.69, 9.17) is 0 Å². The summed E-state index contributed by atoms with van der Waals surface area (Å²) in [5.41, 5.74) is 5.03. The van der Waals surface area contributed by atoms with Gasteiger partial charge in [-0.2, -0.15) is 0 Å². The lowest BCUT2D eigenvalue weighted by molar-refractivity contribution is 0.102. The molecule has 27 heavy (non-hydrogen) atoms. The summed E-state index contributed by atoms with van der Waals surface area (Å²) in [5.74, 6) is 0.284. The van der Waals surface area contributed by atoms with Crippen LogP contribution in [0.3, 0.4) is 0 Å². The van der Waals surface area contributed by atoms with E-state index in [0.29, 0.717) is 16.9 Å². The number of hydrogen-bond acceptors (Lipinski definition) is 4. The highest BCUT2D eigenvalue weighted by Gasteiger charge is 2.15. The van der Waals surface area contributed by atoms with Crippen LogP contribution in [0.5, 0.6) is 0 Å². The minimum Gasteiger partial charge on any atom is -0.306 e. The number of fused-ring (bicyclic) bond motifs is 1. The van der Waals surface area contributed by atoms with Gasteiger partial charge in [0, 0.05) is 35.2 Å². The third-order valence-electron chi connectivity index (χ3n) is 4.43. The van der Waals surface area contributed by atoms with Gasteiger partial charge in [0.15, 0.2) is 0 Å². The Morgan fingerprint density at radius 1 is 1.00 bits per heavy atom. The van der Waals surface area contributed by atoms with Gasteiger partial charge in [-0.3, -0.25) is 14.8 Å². The topological polar surface area (TPSA) is 67.8 Å². The monoisotopic (exact) mass is 354 g/mol. The smallest absolute Gasteiger partial charge is 0.259 e. The van der Waals surface area contributed by atoms with Crippen molar-refractivity contribution in [2.75, 3.05) is 5.32 Å². The highest BCUT2D eigenvalue weighted by Crippen LogP contribution is 2.28. The van der Waals surface area contributed by atoms with E-state index in [-0.39, 0.29) is 5.91 Å². The van der Waals surface area contributed by atoms with Crippen LogP contribution in [0.1, 0.15) is 21.6 Å². The molecule has 0 spiro atoms. The van der Waals surface area contributed by atoms with Crippen molar-refractivity contribution in [2.24, 2.45) is 0 Å². The van der Waals surface area contributed by atoms with Crippen LogP contribution in [-0.2, 0) is 0 Å². The van der Waals surface area contributed by atoms with Crippen molar-refractivity contribution in [3.05, 3.63) is 83.9 Å². The van der Waals surface area contributed by atoms with Gasteiger partial charge in [0.1, 0.15) is 5.82 Å². The molecule has 1 aromatic carbocycles. The Bertz CT molecular complexity index is 1150. The zero-order valence-electron chi connectivity index (χ0n) is 15.1. The molecule has 0 radical (unpaired) electrons. The van der Waals surface area contributed by atoms with E-state index in [2.05, 4.69) is 20.3 Å². The molecule has 0 fully saturated rings. The highest BCUT2D eigenvalue weighted by molar-refractivity contribution is 6.12. The fraction of sp³-hybridized carbons (Fsp3) is 0.0909. The van der Waals surface area contributed by atoms with Crippen LogP contribution in [0.25, 0.3) is 22.0 Å². The molecule has 4 aromatic rings. The molecule has 0 aliphatic rings. The first-order valence-electron chi connectivity index (χ1n) is 8.66. The van der Waals surface area contributed by atoms with Crippen molar-refractivity contribution >= 4 is 22.6 Å². The van der Waals surface area contributed by atoms with E-state index >= 15 is 0 Å². The Morgan fingerprint density at radius 2 is 1.89 bits per heavy atom. The first kappa shape index (κ1) is 16.8. The van der Waals surface area contributed by atoms with Crippen LogP contribution in [0.2, 0.25) is 0 Å². The minimum absolute atomic E-state index is 0.236. The summed E-state index contributed by atoms with van der Waals surface area (Å²) in [4.78, 5) is 26.0. The molecule has 0 bridgehead atoms. The van der Waals surface area contributed by atoms with Crippen LogP contribution >= 0.6 is 0 Å². The normalized spacial score (nSPS) is 10.7. The summed E-state index contributed by atoms with van der Waals surface area (Å²) >= 11 is 0. The summed E-state index contributed by atoms with van der Waals surface area (Å²) < 4.78 is 0. The summed E-state index contributed by atoms with van der Waals surface area (Å²) in [7, 11) is 0. The van der Waals surface area contributed by atoms with Gasteiger partial charge < -0.3 is 5.32 Å². The van der Waals surface area contributed by atoms with Crippen molar-refractivity contribution < 1.29 is 4.79 Å². The minimum atomic E-state index is -0.236. The second-order valence-corrected chi connectivity index (χ2v) is 6.41. The van der Waals surface area contributed by atoms with E-state index in [0.717, 1.165) is 27.8 Å². The first-order chi connectivity index (χ1) is 13.1. The average Bonchev–Trinajstić information content (AvgIpc) is 2.67. The molecule has 0 saturated heterocycles. The van der Waals surface area contributed by atoms with Crippen LogP contribution < -0.4 is 5.32 Å². The number of rotatable bonds is 3. The van der Waals surface area contributed by atoms with Gasteiger partial charge in [-0.05, 0) is 61.4 Å². The second kappa shape index (κ2) is 6.96. The largest absolute Gasteiger partial charge is 0.306 e. The average molecular weight is 354 g/mol. The highest BCUT2D eigenvalue weighted by atomic mass is 16.1. The quantitative estimate of drug-likeness (QED) is 0.585. The van der Waals surface area contributed by atoms with Crippen molar-refractivity contribution in [1.29, 1.82) is 0 Å². The second-order valence-electron chi connectivity index (χ2n) is 6.41. The summed E-state index contributed by atoms with van der Waals surface area (Å²) in [6, 6.07) is 15.2. The van der Waals surface area contributed by atoms with Gasteiger partial charge in [-0.1, -0.05) is 12.1 Å². The fourth-order valence-electron chi connectivity index (χ4n) is 3.08. The molecule has 0 atom stereocenters. The van der Waals surface area contributed by atoms with Crippen molar-refractivity contribution in [2.45, 2.75) is 13.8 Å². The van der Waals surface area contributed by atoms with Gasteiger partial charge in [-0.25, -0.2) is 4.98 Å². The van der Waals surface area contributed by atoms with E-state index in [1.807, 2.05) is 62.5 Å². The number of aromatic nitrogens is 3. The van der Waals surface area contributed by atoms with Crippen LogP contribution in [0.4, 0.5) is 5.82 Å². The molecule has 1 N–H and O–H groups in total. The third-order valence-corrected chi connectivity index (χ3v) is 4.43. The van der Waals surface area contributed by atoms with Gasteiger partial charge in [0.25, 0.3) is 5.91 Å². The number of benzene rings is 1. The van der Waals surface area contributed by atoms with Crippen LogP contribution in [0, 0.1) is 13.8 Å². The molecule has 4 rings (SSSR count). The number of anilines is 1. The van der Waals surface area contributed by atoms with Crippen molar-refractivity contribution in [1.82, 2.24) is 15.0 Å². The Kier molecular flexibility index (Phi) is 4.34. The van der Waals surface area contributed by atoms with Gasteiger partial charge in [-0.15, -0.1) is 0 Å². The van der Waals surface area contributed by atoms with Crippen molar-refractivity contribution in [3.63, 3.8) is 0 Å². The number of nitrogens with one attached hydrogen (secondary N) is 1. The van der Waals surface area contributed by atoms with E-state index in [9.17, 15) is 4.79 Å². The summed E-state index contributed by atoms with van der Waals surface area (Å²) in [6.07, 6.45) is 5.27. The summed E-state index contributed by atoms with van der Waals surface area (Å²) in [5, 5.41) is 3.78. The maximum Gasteiger partial charge on any atom is 0.259 e. The molecule has 132 valence electrons. The number of carbonyl (C=O) groups is 1. The van der Waals surface area contributed by atoms with Crippen LogP contribution in [0.15, 0.2) is 67.1 Å². The maximum absolute atomic E-state index is 13.0. The number of carbonyl (C=O) groups excluding carboxylic acids is 1. The number of amides is 1. The molecule has 3 heterocycles. The molecule has 5 nitrogen and oxygen atoms in total. The number of hydrogen-bond donors (Lipinski definition) is 1. The zero-order chi connectivity index (χ0) is 18.8. The first-order valence-corrected chi connectivity index (χ1v) is 8.66.